The van der Waals surface area contributed by atoms with E-state index in [4.69, 9.17) is 4.74 Å². The SMILES string of the molecule is CC1CCC(C(C)C)C(OCCNCCc2cccs2)C1. The van der Waals surface area contributed by atoms with E-state index in [1.807, 2.05) is 11.3 Å². The van der Waals surface area contributed by atoms with E-state index in [1.54, 1.807) is 0 Å². The van der Waals surface area contributed by atoms with Crippen LogP contribution in [0.1, 0.15) is 44.9 Å². The lowest BCUT2D eigenvalue weighted by atomic mass is 9.75. The number of thiophene rings is 1. The van der Waals surface area contributed by atoms with Gasteiger partial charge >= 0.3 is 0 Å². The van der Waals surface area contributed by atoms with Crippen LogP contribution in [0, 0.1) is 17.8 Å². The molecule has 0 aliphatic heterocycles. The van der Waals surface area contributed by atoms with E-state index in [2.05, 4.69) is 43.6 Å². The average Bonchev–Trinajstić information content (AvgIpc) is 2.95. The van der Waals surface area contributed by atoms with Crippen molar-refractivity contribution in [2.75, 3.05) is 19.7 Å². The van der Waals surface area contributed by atoms with E-state index >= 15 is 0 Å². The summed E-state index contributed by atoms with van der Waals surface area (Å²) < 4.78 is 6.20. The summed E-state index contributed by atoms with van der Waals surface area (Å²) in [5, 5.41) is 5.65. The van der Waals surface area contributed by atoms with Gasteiger partial charge in [-0.2, -0.15) is 0 Å². The van der Waals surface area contributed by atoms with Gasteiger partial charge < -0.3 is 10.1 Å². The molecule has 2 rings (SSSR count). The minimum Gasteiger partial charge on any atom is -0.377 e. The van der Waals surface area contributed by atoms with Crippen LogP contribution in [0.5, 0.6) is 0 Å². The third kappa shape index (κ3) is 5.72. The molecule has 0 spiro atoms. The van der Waals surface area contributed by atoms with Crippen LogP contribution in [0.2, 0.25) is 0 Å². The molecule has 0 aromatic carbocycles. The Morgan fingerprint density at radius 1 is 1.33 bits per heavy atom. The molecule has 0 saturated heterocycles. The standard InChI is InChI=1S/C18H31NOS/c1-14(2)17-7-6-15(3)13-18(17)20-11-10-19-9-8-16-5-4-12-21-16/h4-5,12,14-15,17-19H,6-11,13H2,1-3H3. The van der Waals surface area contributed by atoms with Gasteiger partial charge in [0.1, 0.15) is 0 Å². The average molecular weight is 310 g/mol. The van der Waals surface area contributed by atoms with Crippen molar-refractivity contribution in [3.05, 3.63) is 22.4 Å². The molecule has 0 radical (unpaired) electrons. The first-order valence-electron chi connectivity index (χ1n) is 8.51. The van der Waals surface area contributed by atoms with Crippen molar-refractivity contribution in [2.24, 2.45) is 17.8 Å². The van der Waals surface area contributed by atoms with E-state index in [0.29, 0.717) is 6.10 Å². The van der Waals surface area contributed by atoms with Gasteiger partial charge in [-0.3, -0.25) is 0 Å². The first-order chi connectivity index (χ1) is 10.2. The van der Waals surface area contributed by atoms with E-state index in [9.17, 15) is 0 Å². The fourth-order valence-electron chi connectivity index (χ4n) is 3.38. The Kier molecular flexibility index (Phi) is 7.21. The lowest BCUT2D eigenvalue weighted by Crippen LogP contribution is -2.36. The Bertz CT molecular complexity index is 377. The highest BCUT2D eigenvalue weighted by Gasteiger charge is 2.31. The normalized spacial score (nSPS) is 26.4. The zero-order valence-corrected chi connectivity index (χ0v) is 14.6. The molecule has 2 nitrogen and oxygen atoms in total. The molecule has 1 aromatic rings. The Hall–Kier alpha value is -0.380. The van der Waals surface area contributed by atoms with Gasteiger partial charge in [-0.15, -0.1) is 11.3 Å². The first-order valence-corrected chi connectivity index (χ1v) is 9.39. The Balaban J connectivity index is 1.60. The zero-order chi connectivity index (χ0) is 15.1. The molecule has 1 aliphatic carbocycles. The third-order valence-electron chi connectivity index (χ3n) is 4.70. The van der Waals surface area contributed by atoms with E-state index in [1.165, 1.54) is 24.1 Å². The minimum absolute atomic E-state index is 0.479. The molecule has 1 aromatic heterocycles. The van der Waals surface area contributed by atoms with Crippen LogP contribution in [0.25, 0.3) is 0 Å². The lowest BCUT2D eigenvalue weighted by Gasteiger charge is -2.37. The smallest absolute Gasteiger partial charge is 0.0608 e. The van der Waals surface area contributed by atoms with Crippen molar-refractivity contribution >= 4 is 11.3 Å². The van der Waals surface area contributed by atoms with Crippen LogP contribution >= 0.6 is 11.3 Å². The summed E-state index contributed by atoms with van der Waals surface area (Å²) in [7, 11) is 0. The van der Waals surface area contributed by atoms with Crippen LogP contribution in [0.15, 0.2) is 17.5 Å². The third-order valence-corrected chi connectivity index (χ3v) is 5.64. The number of ether oxygens (including phenoxy) is 1. The molecule has 3 heteroatoms. The maximum absolute atomic E-state index is 6.20. The molecule has 1 saturated carbocycles. The van der Waals surface area contributed by atoms with Gasteiger partial charge in [-0.1, -0.05) is 33.3 Å². The summed E-state index contributed by atoms with van der Waals surface area (Å²) in [4.78, 5) is 1.46. The summed E-state index contributed by atoms with van der Waals surface area (Å²) in [6, 6.07) is 4.33. The molecule has 3 unspecified atom stereocenters. The maximum atomic E-state index is 6.20. The fourth-order valence-corrected chi connectivity index (χ4v) is 4.09. The van der Waals surface area contributed by atoms with Gasteiger partial charge in [0.05, 0.1) is 12.7 Å². The number of nitrogens with one attached hydrogen (secondary N) is 1. The van der Waals surface area contributed by atoms with Crippen molar-refractivity contribution in [2.45, 2.75) is 52.6 Å². The van der Waals surface area contributed by atoms with E-state index in [0.717, 1.165) is 43.9 Å². The van der Waals surface area contributed by atoms with Gasteiger partial charge in [-0.25, -0.2) is 0 Å². The summed E-state index contributed by atoms with van der Waals surface area (Å²) in [5.74, 6) is 2.33. The highest BCUT2D eigenvalue weighted by Crippen LogP contribution is 2.35. The molecule has 0 amide bonds. The zero-order valence-electron chi connectivity index (χ0n) is 13.8. The predicted octanol–water partition coefficient (Wildman–Crippen LogP) is 4.36. The highest BCUT2D eigenvalue weighted by atomic mass is 32.1. The molecule has 1 heterocycles. The van der Waals surface area contributed by atoms with Crippen LogP contribution in [0.3, 0.4) is 0 Å². The molecular weight excluding hydrogens is 278 g/mol. The molecule has 21 heavy (non-hydrogen) atoms. The Morgan fingerprint density at radius 3 is 2.90 bits per heavy atom. The van der Waals surface area contributed by atoms with Crippen LogP contribution < -0.4 is 5.32 Å². The molecule has 120 valence electrons. The molecule has 1 fully saturated rings. The van der Waals surface area contributed by atoms with Crippen molar-refractivity contribution in [3.63, 3.8) is 0 Å². The predicted molar refractivity (Wildman–Crippen MR) is 92.0 cm³/mol. The topological polar surface area (TPSA) is 21.3 Å². The second-order valence-electron chi connectivity index (χ2n) is 6.81. The fraction of sp³-hybridized carbons (Fsp3) is 0.778. The maximum Gasteiger partial charge on any atom is 0.0608 e. The summed E-state index contributed by atoms with van der Waals surface area (Å²) >= 11 is 1.84. The van der Waals surface area contributed by atoms with Crippen LogP contribution in [0.4, 0.5) is 0 Å². The summed E-state index contributed by atoms with van der Waals surface area (Å²) in [5.41, 5.74) is 0. The second-order valence-corrected chi connectivity index (χ2v) is 7.85. The van der Waals surface area contributed by atoms with Gasteiger partial charge in [0.25, 0.3) is 0 Å². The number of hydrogen-bond donors (Lipinski definition) is 1. The van der Waals surface area contributed by atoms with Crippen molar-refractivity contribution in [1.29, 1.82) is 0 Å². The van der Waals surface area contributed by atoms with Crippen molar-refractivity contribution in [3.8, 4) is 0 Å². The van der Waals surface area contributed by atoms with Crippen molar-refractivity contribution < 1.29 is 4.74 Å². The van der Waals surface area contributed by atoms with Crippen LogP contribution in [-0.4, -0.2) is 25.8 Å². The molecular formula is C18H31NOS. The molecule has 3 atom stereocenters. The summed E-state index contributed by atoms with van der Waals surface area (Å²) in [6.07, 6.45) is 5.58. The highest BCUT2D eigenvalue weighted by molar-refractivity contribution is 7.09. The lowest BCUT2D eigenvalue weighted by molar-refractivity contribution is -0.0366. The van der Waals surface area contributed by atoms with Gasteiger partial charge in [0, 0.05) is 18.0 Å². The van der Waals surface area contributed by atoms with Crippen molar-refractivity contribution in [1.82, 2.24) is 5.32 Å². The first kappa shape index (κ1) is 17.0. The second kappa shape index (κ2) is 8.92. The monoisotopic (exact) mass is 309 g/mol. The number of rotatable bonds is 8. The van der Waals surface area contributed by atoms with Gasteiger partial charge in [0.15, 0.2) is 0 Å². The number of hydrogen-bond acceptors (Lipinski definition) is 3. The van der Waals surface area contributed by atoms with Gasteiger partial charge in [0.2, 0.25) is 0 Å². The molecule has 1 N–H and O–H groups in total. The minimum atomic E-state index is 0.479. The molecule has 0 bridgehead atoms. The summed E-state index contributed by atoms with van der Waals surface area (Å²) in [6.45, 7) is 9.93. The Morgan fingerprint density at radius 2 is 2.19 bits per heavy atom. The quantitative estimate of drug-likeness (QED) is 0.721. The molecule has 1 aliphatic rings. The van der Waals surface area contributed by atoms with E-state index in [-0.39, 0.29) is 0 Å². The van der Waals surface area contributed by atoms with Crippen LogP contribution in [-0.2, 0) is 11.2 Å². The van der Waals surface area contributed by atoms with Gasteiger partial charge in [-0.05, 0) is 48.5 Å². The Labute approximate surface area is 134 Å². The largest absolute Gasteiger partial charge is 0.377 e. The van der Waals surface area contributed by atoms with E-state index < -0.39 is 0 Å².